The van der Waals surface area contributed by atoms with Crippen molar-refractivity contribution < 1.29 is 9.45 Å². The Morgan fingerprint density at radius 2 is 2.28 bits per heavy atom. The lowest BCUT2D eigenvalue weighted by Gasteiger charge is -2.06. The van der Waals surface area contributed by atoms with Crippen LogP contribution in [0.5, 0.6) is 0 Å². The molecule has 0 aliphatic carbocycles. The number of hydrogen-bond donors (Lipinski definition) is 1. The van der Waals surface area contributed by atoms with E-state index in [1.54, 1.807) is 6.07 Å². The van der Waals surface area contributed by atoms with Crippen molar-refractivity contribution in [2.75, 3.05) is 5.32 Å². The molecule has 0 amide bonds. The third-order valence-electron chi connectivity index (χ3n) is 2.29. The number of hydrogen-bond acceptors (Lipinski definition) is 5. The van der Waals surface area contributed by atoms with Crippen molar-refractivity contribution in [2.45, 2.75) is 13.5 Å². The Morgan fingerprint density at radius 3 is 2.83 bits per heavy atom. The minimum absolute atomic E-state index is 0.0444. The Kier molecular flexibility index (Phi) is 3.61. The quantitative estimate of drug-likeness (QED) is 0.692. The summed E-state index contributed by atoms with van der Waals surface area (Å²) in [7, 11) is 0. The summed E-state index contributed by atoms with van der Waals surface area (Å²) in [5.74, 6) is 0.706. The topological polar surface area (TPSA) is 81.2 Å². The normalized spacial score (nSPS) is 10.3. The molecule has 7 heteroatoms. The summed E-state index contributed by atoms with van der Waals surface area (Å²) in [4.78, 5) is 10.2. The van der Waals surface area contributed by atoms with Crippen molar-refractivity contribution >= 4 is 27.3 Å². The van der Waals surface area contributed by atoms with Gasteiger partial charge in [0.15, 0.2) is 5.76 Å². The van der Waals surface area contributed by atoms with Gasteiger partial charge in [0.25, 0.3) is 5.69 Å². The Morgan fingerprint density at radius 1 is 1.50 bits per heavy atom. The van der Waals surface area contributed by atoms with Gasteiger partial charge in [-0.2, -0.15) is 0 Å². The maximum Gasteiger partial charge on any atom is 0.270 e. The zero-order valence-corrected chi connectivity index (χ0v) is 11.1. The highest BCUT2D eigenvalue weighted by molar-refractivity contribution is 9.10. The van der Waals surface area contributed by atoms with Gasteiger partial charge in [0, 0.05) is 28.4 Å². The molecule has 18 heavy (non-hydrogen) atoms. The number of nitrogens with zero attached hydrogens (tertiary/aromatic N) is 2. The molecule has 1 heterocycles. The second kappa shape index (κ2) is 5.18. The van der Waals surface area contributed by atoms with E-state index in [4.69, 9.17) is 4.52 Å². The van der Waals surface area contributed by atoms with Crippen LogP contribution in [0.3, 0.4) is 0 Å². The van der Waals surface area contributed by atoms with Crippen LogP contribution in [0.25, 0.3) is 0 Å². The predicted octanol–water partition coefficient (Wildman–Crippen LogP) is 3.27. The molecule has 1 aromatic heterocycles. The van der Waals surface area contributed by atoms with Crippen LogP contribution in [-0.4, -0.2) is 10.1 Å². The van der Waals surface area contributed by atoms with Gasteiger partial charge < -0.3 is 9.84 Å². The van der Waals surface area contributed by atoms with Crippen molar-refractivity contribution in [3.63, 3.8) is 0 Å². The molecule has 2 rings (SSSR count). The van der Waals surface area contributed by atoms with Crippen LogP contribution < -0.4 is 5.32 Å². The molecule has 6 nitrogen and oxygen atoms in total. The fourth-order valence-electron chi connectivity index (χ4n) is 1.44. The number of nitro groups is 1. The summed E-state index contributed by atoms with van der Waals surface area (Å²) in [5, 5.41) is 17.5. The number of nitro benzene ring substituents is 1. The van der Waals surface area contributed by atoms with Crippen molar-refractivity contribution in [1.29, 1.82) is 0 Å². The Hall–Kier alpha value is -1.89. The average Bonchev–Trinajstić information content (AvgIpc) is 2.73. The standard InChI is InChI=1S/C11H10BrN3O3/c1-7-4-9(18-14-7)6-13-11-3-2-8(15(16)17)5-10(11)12/h2-5,13H,6H2,1H3. The van der Waals surface area contributed by atoms with E-state index in [2.05, 4.69) is 26.4 Å². The summed E-state index contributed by atoms with van der Waals surface area (Å²) >= 11 is 3.28. The fourth-order valence-corrected chi connectivity index (χ4v) is 1.95. The molecule has 0 spiro atoms. The number of rotatable bonds is 4. The lowest BCUT2D eigenvalue weighted by molar-refractivity contribution is -0.384. The van der Waals surface area contributed by atoms with Crippen LogP contribution in [-0.2, 0) is 6.54 Å². The van der Waals surface area contributed by atoms with E-state index in [-0.39, 0.29) is 5.69 Å². The maximum atomic E-state index is 10.6. The van der Waals surface area contributed by atoms with Crippen LogP contribution >= 0.6 is 15.9 Å². The smallest absolute Gasteiger partial charge is 0.270 e. The molecule has 1 aromatic carbocycles. The van der Waals surface area contributed by atoms with Crippen molar-refractivity contribution in [1.82, 2.24) is 5.16 Å². The van der Waals surface area contributed by atoms with E-state index in [0.717, 1.165) is 11.4 Å². The minimum Gasteiger partial charge on any atom is -0.377 e. The summed E-state index contributed by atoms with van der Waals surface area (Å²) in [6.07, 6.45) is 0. The Bertz CT molecular complexity index is 583. The van der Waals surface area contributed by atoms with Gasteiger partial charge in [0.1, 0.15) is 0 Å². The summed E-state index contributed by atoms with van der Waals surface area (Å²) in [5.41, 5.74) is 1.62. The first-order valence-corrected chi connectivity index (χ1v) is 5.95. The van der Waals surface area contributed by atoms with Crippen LogP contribution in [0.15, 0.2) is 33.3 Å². The van der Waals surface area contributed by atoms with Crippen LogP contribution in [0.2, 0.25) is 0 Å². The monoisotopic (exact) mass is 311 g/mol. The molecule has 0 saturated carbocycles. The zero-order chi connectivity index (χ0) is 13.1. The predicted molar refractivity (Wildman–Crippen MR) is 69.4 cm³/mol. The number of aryl methyl sites for hydroxylation is 1. The molecule has 1 N–H and O–H groups in total. The third-order valence-corrected chi connectivity index (χ3v) is 2.95. The van der Waals surface area contributed by atoms with Gasteiger partial charge in [-0.15, -0.1) is 0 Å². The van der Waals surface area contributed by atoms with Crippen molar-refractivity contribution in [3.8, 4) is 0 Å². The number of non-ortho nitro benzene ring substituents is 1. The Labute approximate surface area is 111 Å². The molecule has 0 atom stereocenters. The first-order chi connectivity index (χ1) is 8.56. The largest absolute Gasteiger partial charge is 0.377 e. The molecule has 0 radical (unpaired) electrons. The summed E-state index contributed by atoms with van der Waals surface area (Å²) < 4.78 is 5.68. The Balaban J connectivity index is 2.08. The van der Waals surface area contributed by atoms with E-state index in [1.807, 2.05) is 13.0 Å². The second-order valence-corrected chi connectivity index (χ2v) is 4.56. The van der Waals surface area contributed by atoms with E-state index in [1.165, 1.54) is 12.1 Å². The SMILES string of the molecule is Cc1cc(CNc2ccc([N+](=O)[O-])cc2Br)on1. The highest BCUT2D eigenvalue weighted by atomic mass is 79.9. The van der Waals surface area contributed by atoms with E-state index in [0.29, 0.717) is 16.8 Å². The minimum atomic E-state index is -0.436. The number of benzene rings is 1. The molecule has 0 fully saturated rings. The molecular weight excluding hydrogens is 302 g/mol. The molecular formula is C11H10BrN3O3. The number of aromatic nitrogens is 1. The number of nitrogens with one attached hydrogen (secondary N) is 1. The van der Waals surface area contributed by atoms with Gasteiger partial charge in [-0.3, -0.25) is 10.1 Å². The van der Waals surface area contributed by atoms with Gasteiger partial charge in [0.05, 0.1) is 17.2 Å². The van der Waals surface area contributed by atoms with Crippen molar-refractivity contribution in [3.05, 3.63) is 50.3 Å². The van der Waals surface area contributed by atoms with Crippen molar-refractivity contribution in [2.24, 2.45) is 0 Å². The van der Waals surface area contributed by atoms with Gasteiger partial charge in [0.2, 0.25) is 0 Å². The van der Waals surface area contributed by atoms with Gasteiger partial charge in [-0.1, -0.05) is 5.16 Å². The van der Waals surface area contributed by atoms with Crippen LogP contribution in [0.1, 0.15) is 11.5 Å². The molecule has 0 unspecified atom stereocenters. The van der Waals surface area contributed by atoms with Gasteiger partial charge in [-0.25, -0.2) is 0 Å². The van der Waals surface area contributed by atoms with E-state index in [9.17, 15) is 10.1 Å². The highest BCUT2D eigenvalue weighted by Crippen LogP contribution is 2.27. The van der Waals surface area contributed by atoms with Gasteiger partial charge in [-0.05, 0) is 28.9 Å². The molecule has 0 bridgehead atoms. The van der Waals surface area contributed by atoms with Crippen LogP contribution in [0, 0.1) is 17.0 Å². The summed E-state index contributed by atoms with van der Waals surface area (Å²) in [6, 6.07) is 6.37. The third kappa shape index (κ3) is 2.86. The average molecular weight is 312 g/mol. The summed E-state index contributed by atoms with van der Waals surface area (Å²) in [6.45, 7) is 2.31. The molecule has 0 saturated heterocycles. The lowest BCUT2D eigenvalue weighted by Crippen LogP contribution is -1.99. The molecule has 94 valence electrons. The molecule has 0 aliphatic rings. The number of halogens is 1. The van der Waals surface area contributed by atoms with E-state index < -0.39 is 4.92 Å². The molecule has 2 aromatic rings. The highest BCUT2D eigenvalue weighted by Gasteiger charge is 2.09. The van der Waals surface area contributed by atoms with Gasteiger partial charge >= 0.3 is 0 Å². The first kappa shape index (κ1) is 12.6. The maximum absolute atomic E-state index is 10.6. The fraction of sp³-hybridized carbons (Fsp3) is 0.182. The first-order valence-electron chi connectivity index (χ1n) is 5.16. The van der Waals surface area contributed by atoms with Crippen LogP contribution in [0.4, 0.5) is 11.4 Å². The molecule has 0 aliphatic heterocycles. The zero-order valence-electron chi connectivity index (χ0n) is 9.51. The number of anilines is 1. The lowest BCUT2D eigenvalue weighted by atomic mass is 10.3. The second-order valence-electron chi connectivity index (χ2n) is 3.71. The van der Waals surface area contributed by atoms with E-state index >= 15 is 0 Å².